The number of hydrogen-bond acceptors (Lipinski definition) is 2. The second-order valence-electron chi connectivity index (χ2n) is 6.87. The predicted octanol–water partition coefficient (Wildman–Crippen LogP) is 4.55. The Kier molecular flexibility index (Phi) is 5.03. The highest BCUT2D eigenvalue weighted by Gasteiger charge is 2.26. The molecule has 0 atom stereocenters. The second kappa shape index (κ2) is 7.20. The van der Waals surface area contributed by atoms with E-state index in [9.17, 15) is 4.79 Å². The van der Waals surface area contributed by atoms with Gasteiger partial charge in [0.25, 0.3) is 5.91 Å². The van der Waals surface area contributed by atoms with Crippen LogP contribution in [0.5, 0.6) is 0 Å². The third kappa shape index (κ3) is 3.10. The van der Waals surface area contributed by atoms with E-state index in [0.717, 1.165) is 22.6 Å². The number of aromatic nitrogens is 2. The Morgan fingerprint density at radius 3 is 2.33 bits per heavy atom. The average Bonchev–Trinajstić information content (AvgIpc) is 2.80. The zero-order valence-electron chi connectivity index (χ0n) is 14.7. The lowest BCUT2D eigenvalue weighted by molar-refractivity contribution is 0.1000. The van der Waals surface area contributed by atoms with Crippen LogP contribution in [-0.2, 0) is 0 Å². The molecular weight excluding hydrogens is 298 g/mol. The number of hydrogen-bond donors (Lipinski definition) is 1. The van der Waals surface area contributed by atoms with E-state index in [-0.39, 0.29) is 5.91 Å². The van der Waals surface area contributed by atoms with Gasteiger partial charge in [0, 0.05) is 29.2 Å². The third-order valence-electron chi connectivity index (χ3n) is 5.30. The molecule has 128 valence electrons. The molecule has 2 aromatic heterocycles. The van der Waals surface area contributed by atoms with E-state index in [1.54, 1.807) is 6.20 Å². The highest BCUT2D eigenvalue weighted by Crippen LogP contribution is 2.36. The SMILES string of the molecule is Cc1c(C(N)=O)c(-c2ccccn2)c(C)n1C1CCCCCCC1. The summed E-state index contributed by atoms with van der Waals surface area (Å²) in [5, 5.41) is 0. The molecule has 2 aromatic rings. The summed E-state index contributed by atoms with van der Waals surface area (Å²) in [6.45, 7) is 4.13. The molecule has 1 aliphatic carbocycles. The van der Waals surface area contributed by atoms with Gasteiger partial charge in [-0.1, -0.05) is 38.2 Å². The summed E-state index contributed by atoms with van der Waals surface area (Å²) in [4.78, 5) is 16.6. The molecule has 1 saturated carbocycles. The molecule has 0 radical (unpaired) electrons. The number of rotatable bonds is 3. The molecule has 0 unspecified atom stereocenters. The molecule has 24 heavy (non-hydrogen) atoms. The van der Waals surface area contributed by atoms with Crippen LogP contribution < -0.4 is 5.73 Å². The monoisotopic (exact) mass is 325 g/mol. The second-order valence-corrected chi connectivity index (χ2v) is 6.87. The van der Waals surface area contributed by atoms with Crippen LogP contribution in [0.1, 0.15) is 72.7 Å². The maximum Gasteiger partial charge on any atom is 0.251 e. The number of amides is 1. The molecule has 3 rings (SSSR count). The molecule has 0 spiro atoms. The van der Waals surface area contributed by atoms with Crippen LogP contribution in [0.15, 0.2) is 24.4 Å². The molecule has 1 amide bonds. The Morgan fingerprint density at radius 2 is 1.75 bits per heavy atom. The number of carbonyl (C=O) groups is 1. The van der Waals surface area contributed by atoms with Crippen molar-refractivity contribution >= 4 is 5.91 Å². The lowest BCUT2D eigenvalue weighted by atomic mass is 9.96. The van der Waals surface area contributed by atoms with E-state index in [4.69, 9.17) is 5.73 Å². The minimum Gasteiger partial charge on any atom is -0.366 e. The van der Waals surface area contributed by atoms with Crippen molar-refractivity contribution in [2.75, 3.05) is 0 Å². The largest absolute Gasteiger partial charge is 0.366 e. The fourth-order valence-electron chi connectivity index (χ4n) is 4.22. The van der Waals surface area contributed by atoms with Gasteiger partial charge in [-0.25, -0.2) is 0 Å². The minimum absolute atomic E-state index is 0.360. The lowest BCUT2D eigenvalue weighted by Crippen LogP contribution is -2.16. The Hall–Kier alpha value is -2.10. The van der Waals surface area contributed by atoms with E-state index in [2.05, 4.69) is 16.5 Å². The maximum absolute atomic E-state index is 12.2. The fourth-order valence-corrected chi connectivity index (χ4v) is 4.22. The molecule has 4 heteroatoms. The van der Waals surface area contributed by atoms with Gasteiger partial charge in [-0.3, -0.25) is 9.78 Å². The fraction of sp³-hybridized carbons (Fsp3) is 0.500. The van der Waals surface area contributed by atoms with Crippen molar-refractivity contribution in [3.05, 3.63) is 41.3 Å². The number of primary amides is 1. The maximum atomic E-state index is 12.2. The van der Waals surface area contributed by atoms with Crippen molar-refractivity contribution < 1.29 is 4.79 Å². The van der Waals surface area contributed by atoms with Gasteiger partial charge in [-0.15, -0.1) is 0 Å². The third-order valence-corrected chi connectivity index (χ3v) is 5.30. The topological polar surface area (TPSA) is 60.9 Å². The highest BCUT2D eigenvalue weighted by molar-refractivity contribution is 6.01. The van der Waals surface area contributed by atoms with E-state index in [1.165, 1.54) is 44.9 Å². The molecule has 1 fully saturated rings. The standard InChI is InChI=1S/C20H27N3O/c1-14-18(17-12-8-9-13-22-17)19(20(21)24)15(2)23(14)16-10-6-4-3-5-7-11-16/h8-9,12-13,16H,3-7,10-11H2,1-2H3,(H2,21,24). The molecular formula is C20H27N3O. The van der Waals surface area contributed by atoms with E-state index >= 15 is 0 Å². The van der Waals surface area contributed by atoms with Crippen LogP contribution in [0.3, 0.4) is 0 Å². The van der Waals surface area contributed by atoms with Crippen molar-refractivity contribution in [1.82, 2.24) is 9.55 Å². The average molecular weight is 325 g/mol. The normalized spacial score (nSPS) is 16.6. The Bertz CT molecular complexity index is 710. The molecule has 0 aromatic carbocycles. The number of carbonyl (C=O) groups excluding carboxylic acids is 1. The van der Waals surface area contributed by atoms with Gasteiger partial charge in [-0.05, 0) is 38.8 Å². The molecule has 0 aliphatic heterocycles. The van der Waals surface area contributed by atoms with Crippen molar-refractivity contribution in [2.24, 2.45) is 5.73 Å². The van der Waals surface area contributed by atoms with Crippen molar-refractivity contribution in [2.45, 2.75) is 64.8 Å². The highest BCUT2D eigenvalue weighted by atomic mass is 16.1. The van der Waals surface area contributed by atoms with Gasteiger partial charge in [0.15, 0.2) is 0 Å². The van der Waals surface area contributed by atoms with Crippen molar-refractivity contribution in [3.63, 3.8) is 0 Å². The molecule has 0 saturated heterocycles. The number of nitrogens with zero attached hydrogens (tertiary/aromatic N) is 2. The van der Waals surface area contributed by atoms with Crippen LogP contribution in [0.4, 0.5) is 0 Å². The zero-order valence-corrected chi connectivity index (χ0v) is 14.7. The zero-order chi connectivity index (χ0) is 17.1. The summed E-state index contributed by atoms with van der Waals surface area (Å²) >= 11 is 0. The minimum atomic E-state index is -0.360. The van der Waals surface area contributed by atoms with Gasteiger partial charge in [0.1, 0.15) is 0 Å². The van der Waals surface area contributed by atoms with Gasteiger partial charge >= 0.3 is 0 Å². The first kappa shape index (κ1) is 16.7. The van der Waals surface area contributed by atoms with Crippen molar-refractivity contribution in [3.8, 4) is 11.3 Å². The van der Waals surface area contributed by atoms with Crippen LogP contribution in [0, 0.1) is 13.8 Å². The quantitative estimate of drug-likeness (QED) is 0.899. The smallest absolute Gasteiger partial charge is 0.251 e. The molecule has 2 N–H and O–H groups in total. The van der Waals surface area contributed by atoms with Gasteiger partial charge < -0.3 is 10.3 Å². The lowest BCUT2D eigenvalue weighted by Gasteiger charge is -2.25. The summed E-state index contributed by atoms with van der Waals surface area (Å²) in [5.41, 5.74) is 10.2. The van der Waals surface area contributed by atoms with Crippen LogP contribution in [-0.4, -0.2) is 15.5 Å². The van der Waals surface area contributed by atoms with Gasteiger partial charge in [0.05, 0.1) is 11.3 Å². The van der Waals surface area contributed by atoms with E-state index in [1.807, 2.05) is 25.1 Å². The van der Waals surface area contributed by atoms with Crippen LogP contribution in [0.25, 0.3) is 11.3 Å². The molecule has 1 aliphatic rings. The Morgan fingerprint density at radius 1 is 1.08 bits per heavy atom. The summed E-state index contributed by atoms with van der Waals surface area (Å²) in [6.07, 6.45) is 10.6. The number of nitrogens with two attached hydrogens (primary N) is 1. The Labute approximate surface area is 144 Å². The van der Waals surface area contributed by atoms with Crippen molar-refractivity contribution in [1.29, 1.82) is 0 Å². The summed E-state index contributed by atoms with van der Waals surface area (Å²) < 4.78 is 2.36. The van der Waals surface area contributed by atoms with E-state index < -0.39 is 0 Å². The summed E-state index contributed by atoms with van der Waals surface area (Å²) in [5.74, 6) is -0.360. The number of pyridine rings is 1. The molecule has 4 nitrogen and oxygen atoms in total. The predicted molar refractivity (Wildman–Crippen MR) is 97.0 cm³/mol. The first-order valence-electron chi connectivity index (χ1n) is 9.04. The summed E-state index contributed by atoms with van der Waals surface area (Å²) in [7, 11) is 0. The Balaban J connectivity index is 2.12. The first-order valence-corrected chi connectivity index (χ1v) is 9.04. The molecule has 2 heterocycles. The van der Waals surface area contributed by atoms with E-state index in [0.29, 0.717) is 11.6 Å². The first-order chi connectivity index (χ1) is 11.6. The van der Waals surface area contributed by atoms with Crippen LogP contribution >= 0.6 is 0 Å². The summed E-state index contributed by atoms with van der Waals surface area (Å²) in [6, 6.07) is 6.26. The van der Waals surface area contributed by atoms with Gasteiger partial charge in [-0.2, -0.15) is 0 Å². The van der Waals surface area contributed by atoms with Crippen LogP contribution in [0.2, 0.25) is 0 Å². The molecule has 0 bridgehead atoms. The van der Waals surface area contributed by atoms with Gasteiger partial charge in [0.2, 0.25) is 0 Å².